The minimum atomic E-state index is -0.297. The standard InChI is InChI=1S/C18H23ClN4O3/c1-18(2,3)14-9-17(26-22-14)21-16(25)11-23(4)10-15(24)20-13-8-6-5-7-12(13)19/h5-9H,10-11H2,1-4H3,(H,20,24)(H,21,25). The predicted molar refractivity (Wildman–Crippen MR) is 101 cm³/mol. The van der Waals surface area contributed by atoms with Gasteiger partial charge in [0, 0.05) is 11.5 Å². The number of halogens is 1. The van der Waals surface area contributed by atoms with Gasteiger partial charge in [0.25, 0.3) is 0 Å². The van der Waals surface area contributed by atoms with E-state index < -0.39 is 0 Å². The van der Waals surface area contributed by atoms with E-state index in [9.17, 15) is 9.59 Å². The van der Waals surface area contributed by atoms with Gasteiger partial charge < -0.3 is 9.84 Å². The number of carbonyl (C=O) groups is 2. The van der Waals surface area contributed by atoms with Crippen molar-refractivity contribution in [1.82, 2.24) is 10.1 Å². The zero-order valence-corrected chi connectivity index (χ0v) is 16.1. The Morgan fingerprint density at radius 3 is 2.35 bits per heavy atom. The molecule has 2 amide bonds. The van der Waals surface area contributed by atoms with Gasteiger partial charge in [-0.25, -0.2) is 0 Å². The Labute approximate surface area is 157 Å². The maximum Gasteiger partial charge on any atom is 0.240 e. The van der Waals surface area contributed by atoms with Crippen LogP contribution < -0.4 is 10.6 Å². The predicted octanol–water partition coefficient (Wildman–Crippen LogP) is 3.13. The zero-order chi connectivity index (χ0) is 19.3. The van der Waals surface area contributed by atoms with Crippen LogP contribution in [0, 0.1) is 0 Å². The van der Waals surface area contributed by atoms with Gasteiger partial charge in [0.2, 0.25) is 17.7 Å². The second kappa shape index (κ2) is 8.33. The summed E-state index contributed by atoms with van der Waals surface area (Å²) in [7, 11) is 1.67. The molecular formula is C18H23ClN4O3. The summed E-state index contributed by atoms with van der Waals surface area (Å²) in [5.41, 5.74) is 1.12. The van der Waals surface area contributed by atoms with Crippen LogP contribution in [-0.2, 0) is 15.0 Å². The number of hydrogen-bond donors (Lipinski definition) is 2. The first-order chi connectivity index (χ1) is 12.1. The number of anilines is 2. The molecule has 26 heavy (non-hydrogen) atoms. The Balaban J connectivity index is 1.82. The summed E-state index contributed by atoms with van der Waals surface area (Å²) in [6.45, 7) is 6.08. The van der Waals surface area contributed by atoms with Crippen molar-refractivity contribution < 1.29 is 14.1 Å². The van der Waals surface area contributed by atoms with E-state index >= 15 is 0 Å². The maximum absolute atomic E-state index is 12.1. The van der Waals surface area contributed by atoms with Crippen LogP contribution in [0.25, 0.3) is 0 Å². The van der Waals surface area contributed by atoms with Crippen LogP contribution in [0.5, 0.6) is 0 Å². The lowest BCUT2D eigenvalue weighted by atomic mass is 9.92. The van der Waals surface area contributed by atoms with Gasteiger partial charge in [-0.15, -0.1) is 0 Å². The molecule has 0 aliphatic rings. The Bertz CT molecular complexity index is 783. The number of carbonyl (C=O) groups excluding carboxylic acids is 2. The minimum Gasteiger partial charge on any atom is -0.338 e. The van der Waals surface area contributed by atoms with Crippen molar-refractivity contribution in [2.75, 3.05) is 30.8 Å². The summed E-state index contributed by atoms with van der Waals surface area (Å²) < 4.78 is 5.12. The molecule has 140 valence electrons. The fourth-order valence-electron chi connectivity index (χ4n) is 2.16. The molecule has 0 aliphatic heterocycles. The summed E-state index contributed by atoms with van der Waals surface area (Å²) in [6.07, 6.45) is 0. The highest BCUT2D eigenvalue weighted by atomic mass is 35.5. The second-order valence-electron chi connectivity index (χ2n) is 7.07. The molecule has 2 aromatic rings. The summed E-state index contributed by atoms with van der Waals surface area (Å²) in [4.78, 5) is 25.7. The topological polar surface area (TPSA) is 87.5 Å². The molecule has 2 rings (SSSR count). The van der Waals surface area contributed by atoms with Crippen LogP contribution in [0.15, 0.2) is 34.9 Å². The molecule has 0 bridgehead atoms. The van der Waals surface area contributed by atoms with Gasteiger partial charge in [-0.3, -0.25) is 19.8 Å². The molecule has 0 fully saturated rings. The molecular weight excluding hydrogens is 356 g/mol. The Kier molecular flexibility index (Phi) is 6.39. The number of para-hydroxylation sites is 1. The third-order valence-electron chi connectivity index (χ3n) is 3.52. The Morgan fingerprint density at radius 2 is 1.77 bits per heavy atom. The average Bonchev–Trinajstić information content (AvgIpc) is 2.97. The van der Waals surface area contributed by atoms with Gasteiger partial charge in [0.1, 0.15) is 0 Å². The van der Waals surface area contributed by atoms with Crippen molar-refractivity contribution in [1.29, 1.82) is 0 Å². The number of nitrogens with one attached hydrogen (secondary N) is 2. The van der Waals surface area contributed by atoms with Crippen LogP contribution >= 0.6 is 11.6 Å². The molecule has 0 saturated heterocycles. The third kappa shape index (κ3) is 5.86. The highest BCUT2D eigenvalue weighted by Gasteiger charge is 2.20. The number of hydrogen-bond acceptors (Lipinski definition) is 5. The van der Waals surface area contributed by atoms with Gasteiger partial charge in [0.05, 0.1) is 29.5 Å². The van der Waals surface area contributed by atoms with Crippen molar-refractivity contribution in [3.63, 3.8) is 0 Å². The molecule has 0 saturated carbocycles. The molecule has 0 unspecified atom stereocenters. The van der Waals surface area contributed by atoms with Crippen LogP contribution in [0.1, 0.15) is 26.5 Å². The van der Waals surface area contributed by atoms with E-state index in [2.05, 4.69) is 15.8 Å². The van der Waals surface area contributed by atoms with Crippen molar-refractivity contribution >= 4 is 35.0 Å². The van der Waals surface area contributed by atoms with Crippen LogP contribution in [-0.4, -0.2) is 42.0 Å². The molecule has 1 heterocycles. The largest absolute Gasteiger partial charge is 0.338 e. The van der Waals surface area contributed by atoms with Crippen LogP contribution in [0.4, 0.5) is 11.6 Å². The van der Waals surface area contributed by atoms with E-state index in [4.69, 9.17) is 16.1 Å². The Morgan fingerprint density at radius 1 is 1.15 bits per heavy atom. The smallest absolute Gasteiger partial charge is 0.240 e. The molecule has 7 nitrogen and oxygen atoms in total. The maximum atomic E-state index is 12.1. The lowest BCUT2D eigenvalue weighted by Crippen LogP contribution is -2.36. The average molecular weight is 379 g/mol. The number of nitrogens with zero attached hydrogens (tertiary/aromatic N) is 2. The molecule has 2 N–H and O–H groups in total. The molecule has 0 radical (unpaired) electrons. The van der Waals surface area contributed by atoms with E-state index in [1.165, 1.54) is 0 Å². The highest BCUT2D eigenvalue weighted by molar-refractivity contribution is 6.33. The molecule has 8 heteroatoms. The number of amides is 2. The number of aromatic nitrogens is 1. The first-order valence-corrected chi connectivity index (χ1v) is 8.53. The molecule has 1 aromatic heterocycles. The zero-order valence-electron chi connectivity index (χ0n) is 15.3. The van der Waals surface area contributed by atoms with E-state index in [0.29, 0.717) is 10.7 Å². The first-order valence-electron chi connectivity index (χ1n) is 8.15. The lowest BCUT2D eigenvalue weighted by Gasteiger charge is -2.15. The highest BCUT2D eigenvalue weighted by Crippen LogP contribution is 2.23. The Hall–Kier alpha value is -2.38. The third-order valence-corrected chi connectivity index (χ3v) is 3.85. The van der Waals surface area contributed by atoms with E-state index in [0.717, 1.165) is 5.69 Å². The van der Waals surface area contributed by atoms with Gasteiger partial charge in [0.15, 0.2) is 0 Å². The van der Waals surface area contributed by atoms with Crippen molar-refractivity contribution in [3.05, 3.63) is 41.0 Å². The van der Waals surface area contributed by atoms with E-state index in [1.807, 2.05) is 20.8 Å². The van der Waals surface area contributed by atoms with Crippen LogP contribution in [0.2, 0.25) is 5.02 Å². The quantitative estimate of drug-likeness (QED) is 0.806. The molecule has 0 spiro atoms. The molecule has 0 aliphatic carbocycles. The summed E-state index contributed by atoms with van der Waals surface area (Å²) in [5.74, 6) is -0.272. The number of likely N-dealkylation sites (N-methyl/N-ethyl adjacent to an activating group) is 1. The van der Waals surface area contributed by atoms with Crippen LogP contribution in [0.3, 0.4) is 0 Å². The van der Waals surface area contributed by atoms with Gasteiger partial charge in [-0.2, -0.15) is 0 Å². The van der Waals surface area contributed by atoms with Crippen molar-refractivity contribution in [2.45, 2.75) is 26.2 Å². The first kappa shape index (κ1) is 19.9. The molecule has 0 atom stereocenters. The lowest BCUT2D eigenvalue weighted by molar-refractivity contribution is -0.119. The second-order valence-corrected chi connectivity index (χ2v) is 7.48. The monoisotopic (exact) mass is 378 g/mol. The van der Waals surface area contributed by atoms with Gasteiger partial charge in [-0.1, -0.05) is 49.7 Å². The van der Waals surface area contributed by atoms with Gasteiger partial charge >= 0.3 is 0 Å². The minimum absolute atomic E-state index is 0.0293. The van der Waals surface area contributed by atoms with Crippen molar-refractivity contribution in [2.24, 2.45) is 0 Å². The molecule has 1 aromatic carbocycles. The number of rotatable bonds is 6. The van der Waals surface area contributed by atoms with Crippen molar-refractivity contribution in [3.8, 4) is 0 Å². The summed E-state index contributed by atoms with van der Waals surface area (Å²) >= 11 is 6.00. The summed E-state index contributed by atoms with van der Waals surface area (Å²) in [5, 5.41) is 9.75. The SMILES string of the molecule is CN(CC(=O)Nc1cc(C(C)(C)C)no1)CC(=O)Nc1ccccc1Cl. The fraction of sp³-hybridized carbons (Fsp3) is 0.389. The normalized spacial score (nSPS) is 11.5. The van der Waals surface area contributed by atoms with Gasteiger partial charge in [-0.05, 0) is 19.2 Å². The fourth-order valence-corrected chi connectivity index (χ4v) is 2.35. The summed E-state index contributed by atoms with van der Waals surface area (Å²) in [6, 6.07) is 8.66. The van der Waals surface area contributed by atoms with E-state index in [-0.39, 0.29) is 36.2 Å². The number of benzene rings is 1. The van der Waals surface area contributed by atoms with E-state index in [1.54, 1.807) is 42.3 Å².